The summed E-state index contributed by atoms with van der Waals surface area (Å²) >= 11 is 0. The van der Waals surface area contributed by atoms with Crippen LogP contribution in [0, 0.1) is 5.92 Å². The molecule has 1 aromatic carbocycles. The number of nitrogens with two attached hydrogens (primary N) is 1. The number of hydrogen-bond donors (Lipinski definition) is 2. The summed E-state index contributed by atoms with van der Waals surface area (Å²) in [4.78, 5) is 11.9. The maximum atomic E-state index is 12.8. The zero-order chi connectivity index (χ0) is 14.0. The summed E-state index contributed by atoms with van der Waals surface area (Å²) < 4.78 is 38.4. The molecule has 0 bridgehead atoms. The van der Waals surface area contributed by atoms with Crippen molar-refractivity contribution in [2.45, 2.75) is 25.1 Å². The van der Waals surface area contributed by atoms with Gasteiger partial charge in [0.1, 0.15) is 0 Å². The molecule has 3 nitrogen and oxygen atoms in total. The Morgan fingerprint density at radius 3 is 2.53 bits per heavy atom. The number of alkyl halides is 3. The highest BCUT2D eigenvalue weighted by atomic mass is 19.4. The molecule has 0 aliphatic heterocycles. The van der Waals surface area contributed by atoms with Crippen LogP contribution in [-0.4, -0.2) is 18.5 Å². The summed E-state index contributed by atoms with van der Waals surface area (Å²) in [7, 11) is 0. The highest BCUT2D eigenvalue weighted by Gasteiger charge is 2.36. The minimum absolute atomic E-state index is 0.241. The molecule has 19 heavy (non-hydrogen) atoms. The summed E-state index contributed by atoms with van der Waals surface area (Å²) in [5.41, 5.74) is 4.26. The van der Waals surface area contributed by atoms with E-state index in [1.54, 1.807) is 0 Å². The minimum Gasteiger partial charge on any atom is -0.348 e. The molecule has 1 unspecified atom stereocenters. The molecule has 1 aliphatic rings. The summed E-state index contributed by atoms with van der Waals surface area (Å²) in [6, 6.07) is 4.52. The number of carbonyl (C=O) groups excluding carboxylic acids is 1. The molecule has 2 rings (SSSR count). The van der Waals surface area contributed by atoms with Crippen molar-refractivity contribution in [2.24, 2.45) is 11.7 Å². The van der Waals surface area contributed by atoms with Gasteiger partial charge < -0.3 is 11.1 Å². The van der Waals surface area contributed by atoms with Gasteiger partial charge in [-0.15, -0.1) is 0 Å². The van der Waals surface area contributed by atoms with E-state index in [0.29, 0.717) is 5.92 Å². The van der Waals surface area contributed by atoms with Gasteiger partial charge >= 0.3 is 6.18 Å². The Balaban J connectivity index is 2.19. The number of nitrogens with one attached hydrogen (secondary N) is 1. The fraction of sp³-hybridized carbons (Fsp3) is 0.462. The van der Waals surface area contributed by atoms with E-state index >= 15 is 0 Å². The predicted octanol–water partition coefficient (Wildman–Crippen LogP) is 2.17. The molecule has 1 aliphatic carbocycles. The van der Waals surface area contributed by atoms with E-state index in [2.05, 4.69) is 5.32 Å². The molecule has 0 spiro atoms. The zero-order valence-corrected chi connectivity index (χ0v) is 10.2. The van der Waals surface area contributed by atoms with Crippen LogP contribution in [0.15, 0.2) is 24.3 Å². The van der Waals surface area contributed by atoms with E-state index in [1.165, 1.54) is 18.2 Å². The van der Waals surface area contributed by atoms with Gasteiger partial charge in [-0.1, -0.05) is 12.1 Å². The summed E-state index contributed by atoms with van der Waals surface area (Å²) in [6.07, 6.45) is -2.61. The van der Waals surface area contributed by atoms with Gasteiger partial charge in [0.05, 0.1) is 11.1 Å². The third-order valence-corrected chi connectivity index (χ3v) is 3.24. The van der Waals surface area contributed by atoms with Gasteiger partial charge in [0.15, 0.2) is 0 Å². The van der Waals surface area contributed by atoms with E-state index in [4.69, 9.17) is 5.73 Å². The molecule has 1 aromatic rings. The second-order valence-electron chi connectivity index (χ2n) is 4.70. The van der Waals surface area contributed by atoms with Gasteiger partial charge in [-0.2, -0.15) is 13.2 Å². The van der Waals surface area contributed by atoms with E-state index in [0.717, 1.165) is 18.9 Å². The molecule has 0 saturated heterocycles. The number of benzene rings is 1. The van der Waals surface area contributed by atoms with Crippen molar-refractivity contribution in [3.8, 4) is 0 Å². The predicted molar refractivity (Wildman–Crippen MR) is 64.5 cm³/mol. The maximum Gasteiger partial charge on any atom is 0.417 e. The third kappa shape index (κ3) is 3.26. The summed E-state index contributed by atoms with van der Waals surface area (Å²) in [5, 5.41) is 2.59. The Bertz CT molecular complexity index is 469. The molecule has 1 saturated carbocycles. The topological polar surface area (TPSA) is 55.1 Å². The Kier molecular flexibility index (Phi) is 3.80. The second kappa shape index (κ2) is 5.21. The Labute approximate surface area is 109 Å². The van der Waals surface area contributed by atoms with Crippen molar-refractivity contribution in [3.05, 3.63) is 35.4 Å². The lowest BCUT2D eigenvalue weighted by Gasteiger charge is -2.18. The smallest absolute Gasteiger partial charge is 0.348 e. The molecule has 1 amide bonds. The van der Waals surface area contributed by atoms with Gasteiger partial charge in [0.2, 0.25) is 0 Å². The van der Waals surface area contributed by atoms with Crippen LogP contribution in [0.4, 0.5) is 13.2 Å². The second-order valence-corrected chi connectivity index (χ2v) is 4.70. The van der Waals surface area contributed by atoms with Crippen LogP contribution >= 0.6 is 0 Å². The lowest BCUT2D eigenvalue weighted by atomic mass is 10.1. The third-order valence-electron chi connectivity index (χ3n) is 3.24. The van der Waals surface area contributed by atoms with Crippen molar-refractivity contribution in [1.29, 1.82) is 0 Å². The first-order valence-corrected chi connectivity index (χ1v) is 6.10. The first-order chi connectivity index (χ1) is 8.93. The van der Waals surface area contributed by atoms with Crippen molar-refractivity contribution in [1.82, 2.24) is 5.32 Å². The molecule has 0 heterocycles. The van der Waals surface area contributed by atoms with Gasteiger partial charge in [-0.05, 0) is 30.9 Å². The highest BCUT2D eigenvalue weighted by molar-refractivity contribution is 5.96. The fourth-order valence-electron chi connectivity index (χ4n) is 2.04. The Hall–Kier alpha value is -1.56. The molecule has 3 N–H and O–H groups in total. The number of halogens is 3. The van der Waals surface area contributed by atoms with Gasteiger partial charge in [0.25, 0.3) is 5.91 Å². The molecular formula is C13H15F3N2O. The monoisotopic (exact) mass is 272 g/mol. The van der Waals surface area contributed by atoms with Crippen LogP contribution in [-0.2, 0) is 6.18 Å². The van der Waals surface area contributed by atoms with E-state index in [-0.39, 0.29) is 18.2 Å². The van der Waals surface area contributed by atoms with Crippen LogP contribution in [0.2, 0.25) is 0 Å². The van der Waals surface area contributed by atoms with Crippen molar-refractivity contribution in [3.63, 3.8) is 0 Å². The Morgan fingerprint density at radius 2 is 2.00 bits per heavy atom. The fourth-order valence-corrected chi connectivity index (χ4v) is 2.04. The number of rotatable bonds is 4. The van der Waals surface area contributed by atoms with Crippen LogP contribution < -0.4 is 11.1 Å². The van der Waals surface area contributed by atoms with Crippen LogP contribution in [0.1, 0.15) is 28.8 Å². The van der Waals surface area contributed by atoms with Crippen LogP contribution in [0.3, 0.4) is 0 Å². The van der Waals surface area contributed by atoms with Gasteiger partial charge in [-0.25, -0.2) is 0 Å². The molecular weight excluding hydrogens is 257 g/mol. The average molecular weight is 272 g/mol. The van der Waals surface area contributed by atoms with Gasteiger partial charge in [-0.3, -0.25) is 4.79 Å². The van der Waals surface area contributed by atoms with Crippen molar-refractivity contribution < 1.29 is 18.0 Å². The lowest BCUT2D eigenvalue weighted by molar-refractivity contribution is -0.137. The quantitative estimate of drug-likeness (QED) is 0.882. The molecule has 1 atom stereocenters. The van der Waals surface area contributed by atoms with Crippen molar-refractivity contribution >= 4 is 5.91 Å². The number of hydrogen-bond acceptors (Lipinski definition) is 2. The SMILES string of the molecule is NCC(NC(=O)c1ccccc1C(F)(F)F)C1CC1. The average Bonchev–Trinajstić information content (AvgIpc) is 3.19. The lowest BCUT2D eigenvalue weighted by Crippen LogP contribution is -2.42. The first-order valence-electron chi connectivity index (χ1n) is 6.10. The number of amides is 1. The number of carbonyl (C=O) groups is 1. The Morgan fingerprint density at radius 1 is 1.37 bits per heavy atom. The standard InChI is InChI=1S/C13H15F3N2O/c14-13(15,16)10-4-2-1-3-9(10)12(19)18-11(7-17)8-5-6-8/h1-4,8,11H,5-7,17H2,(H,18,19). The van der Waals surface area contributed by atoms with Crippen LogP contribution in [0.25, 0.3) is 0 Å². The normalized spacial score (nSPS) is 17.1. The molecule has 0 radical (unpaired) electrons. The largest absolute Gasteiger partial charge is 0.417 e. The summed E-state index contributed by atoms with van der Waals surface area (Å²) in [6.45, 7) is 0.241. The zero-order valence-electron chi connectivity index (χ0n) is 10.2. The van der Waals surface area contributed by atoms with Gasteiger partial charge in [0, 0.05) is 12.6 Å². The van der Waals surface area contributed by atoms with E-state index in [9.17, 15) is 18.0 Å². The highest BCUT2D eigenvalue weighted by Crippen LogP contribution is 2.34. The van der Waals surface area contributed by atoms with E-state index < -0.39 is 17.6 Å². The molecule has 6 heteroatoms. The minimum atomic E-state index is -4.54. The maximum absolute atomic E-state index is 12.8. The van der Waals surface area contributed by atoms with E-state index in [1.807, 2.05) is 0 Å². The molecule has 1 fully saturated rings. The summed E-state index contributed by atoms with van der Waals surface area (Å²) in [5.74, 6) is -0.415. The van der Waals surface area contributed by atoms with Crippen LogP contribution in [0.5, 0.6) is 0 Å². The first kappa shape index (κ1) is 13.9. The van der Waals surface area contributed by atoms with Crippen molar-refractivity contribution in [2.75, 3.05) is 6.54 Å². The molecule has 0 aromatic heterocycles. The molecule has 104 valence electrons.